The van der Waals surface area contributed by atoms with Gasteiger partial charge in [-0.15, -0.1) is 0 Å². The van der Waals surface area contributed by atoms with Gasteiger partial charge in [0.2, 0.25) is 0 Å². The van der Waals surface area contributed by atoms with Crippen LogP contribution in [-0.2, 0) is 6.54 Å². The van der Waals surface area contributed by atoms with Gasteiger partial charge >= 0.3 is 0 Å². The van der Waals surface area contributed by atoms with Gasteiger partial charge in [0, 0.05) is 6.54 Å². The van der Waals surface area contributed by atoms with Crippen molar-refractivity contribution in [1.82, 2.24) is 5.48 Å². The van der Waals surface area contributed by atoms with Crippen molar-refractivity contribution in [3.05, 3.63) is 33.8 Å². The Kier molecular flexibility index (Phi) is 3.13. The fourth-order valence-electron chi connectivity index (χ4n) is 0.788. The van der Waals surface area contributed by atoms with Crippen LogP contribution in [-0.4, -0.2) is 5.21 Å². The average molecular weight is 238 g/mol. The fraction of sp³-hybridized carbons (Fsp3) is 0.143. The molecule has 0 aliphatic heterocycles. The van der Waals surface area contributed by atoms with Crippen LogP contribution in [0.25, 0.3) is 0 Å². The van der Waals surface area contributed by atoms with Gasteiger partial charge in [-0.05, 0) is 27.6 Å². The first-order valence-corrected chi connectivity index (χ1v) is 3.95. The molecule has 1 rings (SSSR count). The molecule has 0 bridgehead atoms. The Hall–Kier alpha value is -0.520. The monoisotopic (exact) mass is 237 g/mol. The first kappa shape index (κ1) is 9.57. The first-order valence-electron chi connectivity index (χ1n) is 3.16. The van der Waals surface area contributed by atoms with Gasteiger partial charge in [-0.2, -0.15) is 0 Å². The Morgan fingerprint density at radius 1 is 1.42 bits per heavy atom. The van der Waals surface area contributed by atoms with Gasteiger partial charge in [0.05, 0.1) is 4.47 Å². The molecule has 2 nitrogen and oxygen atoms in total. The van der Waals surface area contributed by atoms with Crippen LogP contribution in [0.5, 0.6) is 0 Å². The molecular weight excluding hydrogens is 232 g/mol. The molecule has 66 valence electrons. The van der Waals surface area contributed by atoms with Crippen molar-refractivity contribution in [3.8, 4) is 0 Å². The van der Waals surface area contributed by atoms with E-state index in [2.05, 4.69) is 15.9 Å². The number of hydrogen-bond donors (Lipinski definition) is 2. The summed E-state index contributed by atoms with van der Waals surface area (Å²) >= 11 is 2.87. The van der Waals surface area contributed by atoms with Crippen molar-refractivity contribution >= 4 is 15.9 Å². The molecule has 12 heavy (non-hydrogen) atoms. The number of nitrogens with one attached hydrogen (secondary N) is 1. The molecule has 0 atom stereocenters. The average Bonchev–Trinajstić information content (AvgIpc) is 2.07. The van der Waals surface area contributed by atoms with E-state index in [1.165, 1.54) is 6.07 Å². The Morgan fingerprint density at radius 3 is 2.67 bits per heavy atom. The van der Waals surface area contributed by atoms with Crippen LogP contribution < -0.4 is 5.48 Å². The molecule has 0 radical (unpaired) electrons. The molecule has 0 aliphatic rings. The maximum absolute atomic E-state index is 12.8. The molecule has 0 aliphatic carbocycles. The van der Waals surface area contributed by atoms with Crippen LogP contribution in [0.3, 0.4) is 0 Å². The number of halogens is 3. The first-order chi connectivity index (χ1) is 5.66. The molecule has 0 spiro atoms. The summed E-state index contributed by atoms with van der Waals surface area (Å²) in [5.74, 6) is -1.86. The summed E-state index contributed by atoms with van der Waals surface area (Å²) in [6.07, 6.45) is 0. The minimum Gasteiger partial charge on any atom is -0.316 e. The van der Waals surface area contributed by atoms with Crippen molar-refractivity contribution < 1.29 is 14.0 Å². The van der Waals surface area contributed by atoms with Gasteiger partial charge in [-0.25, -0.2) is 14.3 Å². The summed E-state index contributed by atoms with van der Waals surface area (Å²) < 4.78 is 25.3. The summed E-state index contributed by atoms with van der Waals surface area (Å²) in [7, 11) is 0. The number of hydrogen-bond acceptors (Lipinski definition) is 2. The minimum absolute atomic E-state index is 0.0315. The summed E-state index contributed by atoms with van der Waals surface area (Å²) in [5, 5.41) is 8.32. The van der Waals surface area contributed by atoms with E-state index in [1.54, 1.807) is 0 Å². The molecule has 0 fully saturated rings. The molecule has 2 N–H and O–H groups in total. The van der Waals surface area contributed by atoms with Gasteiger partial charge in [0.1, 0.15) is 0 Å². The van der Waals surface area contributed by atoms with Gasteiger partial charge in [-0.3, -0.25) is 0 Å². The third-order valence-electron chi connectivity index (χ3n) is 1.38. The van der Waals surface area contributed by atoms with Gasteiger partial charge < -0.3 is 5.21 Å². The third kappa shape index (κ3) is 1.80. The zero-order valence-electron chi connectivity index (χ0n) is 5.94. The van der Waals surface area contributed by atoms with E-state index in [0.717, 1.165) is 6.07 Å². The molecule has 0 unspecified atom stereocenters. The highest BCUT2D eigenvalue weighted by molar-refractivity contribution is 9.10. The molecule has 1 aromatic rings. The highest BCUT2D eigenvalue weighted by atomic mass is 79.9. The highest BCUT2D eigenvalue weighted by Gasteiger charge is 2.09. The lowest BCUT2D eigenvalue weighted by molar-refractivity contribution is 0.161. The predicted molar refractivity (Wildman–Crippen MR) is 42.7 cm³/mol. The second-order valence-electron chi connectivity index (χ2n) is 2.17. The number of benzene rings is 1. The molecule has 0 aromatic heterocycles. The Bertz CT molecular complexity index is 293. The summed E-state index contributed by atoms with van der Waals surface area (Å²) in [6, 6.07) is 2.39. The van der Waals surface area contributed by atoms with E-state index < -0.39 is 11.6 Å². The third-order valence-corrected chi connectivity index (χ3v) is 2.24. The lowest BCUT2D eigenvalue weighted by atomic mass is 10.2. The van der Waals surface area contributed by atoms with E-state index in [-0.39, 0.29) is 11.0 Å². The maximum atomic E-state index is 12.8. The normalized spacial score (nSPS) is 10.3. The standard InChI is InChI=1S/C7H6BrF2NO/c8-6-4(3-11-12)1-2-5(9)7(6)10/h1-2,11-12H,3H2. The van der Waals surface area contributed by atoms with Crippen molar-refractivity contribution in [2.45, 2.75) is 6.54 Å². The smallest absolute Gasteiger partial charge is 0.173 e. The second-order valence-corrected chi connectivity index (χ2v) is 2.96. The lowest BCUT2D eigenvalue weighted by Gasteiger charge is -2.03. The van der Waals surface area contributed by atoms with E-state index in [0.29, 0.717) is 5.56 Å². The van der Waals surface area contributed by atoms with Crippen LogP contribution in [0.2, 0.25) is 0 Å². The number of hydroxylamine groups is 1. The maximum Gasteiger partial charge on any atom is 0.173 e. The molecule has 0 saturated heterocycles. The van der Waals surface area contributed by atoms with E-state index in [4.69, 9.17) is 5.21 Å². The van der Waals surface area contributed by atoms with Crippen LogP contribution in [0.15, 0.2) is 16.6 Å². The van der Waals surface area contributed by atoms with Crippen molar-refractivity contribution in [2.24, 2.45) is 0 Å². The van der Waals surface area contributed by atoms with Crippen molar-refractivity contribution in [3.63, 3.8) is 0 Å². The highest BCUT2D eigenvalue weighted by Crippen LogP contribution is 2.22. The summed E-state index contributed by atoms with van der Waals surface area (Å²) in [6.45, 7) is 0.0672. The predicted octanol–water partition coefficient (Wildman–Crippen LogP) is 2.21. The quantitative estimate of drug-likeness (QED) is 0.611. The van der Waals surface area contributed by atoms with Gasteiger partial charge in [0.25, 0.3) is 0 Å². The number of rotatable bonds is 2. The molecular formula is C7H6BrF2NO. The lowest BCUT2D eigenvalue weighted by Crippen LogP contribution is -2.07. The Labute approximate surface area is 76.3 Å². The molecule has 0 saturated carbocycles. The van der Waals surface area contributed by atoms with Crippen molar-refractivity contribution in [1.29, 1.82) is 0 Å². The summed E-state index contributed by atoms with van der Waals surface area (Å²) in [4.78, 5) is 0. The largest absolute Gasteiger partial charge is 0.316 e. The molecule has 5 heteroatoms. The zero-order chi connectivity index (χ0) is 9.14. The van der Waals surface area contributed by atoms with Gasteiger partial charge in [-0.1, -0.05) is 6.07 Å². The minimum atomic E-state index is -0.942. The van der Waals surface area contributed by atoms with E-state index in [1.807, 2.05) is 5.48 Å². The summed E-state index contributed by atoms with van der Waals surface area (Å²) in [5.41, 5.74) is 2.31. The Balaban J connectivity index is 3.08. The Morgan fingerprint density at radius 2 is 2.08 bits per heavy atom. The molecule has 1 aromatic carbocycles. The second kappa shape index (κ2) is 3.93. The van der Waals surface area contributed by atoms with Crippen LogP contribution in [0.4, 0.5) is 8.78 Å². The zero-order valence-corrected chi connectivity index (χ0v) is 7.53. The van der Waals surface area contributed by atoms with Gasteiger partial charge in [0.15, 0.2) is 11.6 Å². The van der Waals surface area contributed by atoms with Crippen LogP contribution >= 0.6 is 15.9 Å². The van der Waals surface area contributed by atoms with Crippen LogP contribution in [0, 0.1) is 11.6 Å². The fourth-order valence-corrected chi connectivity index (χ4v) is 1.25. The molecule has 0 heterocycles. The van der Waals surface area contributed by atoms with Crippen LogP contribution in [0.1, 0.15) is 5.56 Å². The molecule has 0 amide bonds. The van der Waals surface area contributed by atoms with Crippen molar-refractivity contribution in [2.75, 3.05) is 0 Å². The SMILES string of the molecule is ONCc1ccc(F)c(F)c1Br. The topological polar surface area (TPSA) is 32.3 Å². The van der Waals surface area contributed by atoms with E-state index >= 15 is 0 Å². The van der Waals surface area contributed by atoms with E-state index in [9.17, 15) is 8.78 Å².